The van der Waals surface area contributed by atoms with Crippen molar-refractivity contribution in [1.82, 2.24) is 15.0 Å². The van der Waals surface area contributed by atoms with Crippen LogP contribution in [0.5, 0.6) is 0 Å². The molecular formula is C64H37N3O2. The maximum absolute atomic E-state index is 6.68. The fraction of sp³-hybridized carbons (Fsp3) is 0.0156. The Morgan fingerprint density at radius 1 is 0.275 bits per heavy atom. The molecule has 3 heterocycles. The number of hydrogen-bond donors (Lipinski definition) is 0. The second-order valence-corrected chi connectivity index (χ2v) is 18.2. The summed E-state index contributed by atoms with van der Waals surface area (Å²) in [5.41, 5.74) is 20.1. The average molecular weight is 880 g/mol. The minimum Gasteiger partial charge on any atom is -0.456 e. The van der Waals surface area contributed by atoms with Crippen LogP contribution in [0, 0.1) is 0 Å². The van der Waals surface area contributed by atoms with Crippen molar-refractivity contribution < 1.29 is 8.83 Å². The van der Waals surface area contributed by atoms with Crippen molar-refractivity contribution in [1.29, 1.82) is 0 Å². The fourth-order valence-electron chi connectivity index (χ4n) is 11.6. The Morgan fingerprint density at radius 2 is 0.783 bits per heavy atom. The first-order valence-electron chi connectivity index (χ1n) is 23.4. The second kappa shape index (κ2) is 14.4. The highest BCUT2D eigenvalue weighted by atomic mass is 16.3. The highest BCUT2D eigenvalue weighted by Gasteiger charge is 2.51. The molecule has 0 saturated carbocycles. The lowest BCUT2D eigenvalue weighted by atomic mass is 9.70. The highest BCUT2D eigenvalue weighted by Crippen LogP contribution is 2.63. The van der Waals surface area contributed by atoms with Crippen molar-refractivity contribution in [3.05, 3.63) is 247 Å². The molecule has 3 aromatic heterocycles. The van der Waals surface area contributed by atoms with Gasteiger partial charge in [-0.1, -0.05) is 182 Å². The van der Waals surface area contributed by atoms with Crippen LogP contribution in [-0.2, 0) is 5.41 Å². The predicted octanol–water partition coefficient (Wildman–Crippen LogP) is 16.3. The first-order chi connectivity index (χ1) is 34.2. The summed E-state index contributed by atoms with van der Waals surface area (Å²) in [5, 5.41) is 3.99. The molecule has 0 radical (unpaired) electrons. The summed E-state index contributed by atoms with van der Waals surface area (Å²) < 4.78 is 13.2. The molecule has 10 aromatic carbocycles. The molecule has 0 amide bonds. The van der Waals surface area contributed by atoms with Crippen molar-refractivity contribution >= 4 is 43.9 Å². The summed E-state index contributed by atoms with van der Waals surface area (Å²) in [6.45, 7) is 0. The highest BCUT2D eigenvalue weighted by molar-refractivity contribution is 6.13. The molecule has 2 aliphatic carbocycles. The maximum atomic E-state index is 6.68. The summed E-state index contributed by atoms with van der Waals surface area (Å²) in [6.07, 6.45) is 0. The molecular weight excluding hydrogens is 843 g/mol. The van der Waals surface area contributed by atoms with Crippen LogP contribution in [0.2, 0.25) is 0 Å². The van der Waals surface area contributed by atoms with Gasteiger partial charge in [0, 0.05) is 32.7 Å². The second-order valence-electron chi connectivity index (χ2n) is 18.2. The van der Waals surface area contributed by atoms with Gasteiger partial charge in [-0.3, -0.25) is 0 Å². The third-order valence-corrected chi connectivity index (χ3v) is 14.6. The Morgan fingerprint density at radius 3 is 1.57 bits per heavy atom. The van der Waals surface area contributed by atoms with Crippen LogP contribution in [0.25, 0.3) is 123 Å². The molecule has 0 aliphatic heterocycles. The van der Waals surface area contributed by atoms with Gasteiger partial charge in [0.05, 0.1) is 11.0 Å². The third kappa shape index (κ3) is 5.44. The minimum atomic E-state index is -0.434. The van der Waals surface area contributed by atoms with Crippen LogP contribution in [0.1, 0.15) is 22.3 Å². The van der Waals surface area contributed by atoms with Gasteiger partial charge < -0.3 is 8.83 Å². The fourth-order valence-corrected chi connectivity index (χ4v) is 11.6. The lowest BCUT2D eigenvalue weighted by molar-refractivity contribution is 0.668. The summed E-state index contributed by atoms with van der Waals surface area (Å²) in [4.78, 5) is 15.9. The van der Waals surface area contributed by atoms with E-state index in [2.05, 4.69) is 176 Å². The van der Waals surface area contributed by atoms with E-state index in [9.17, 15) is 0 Å². The molecule has 15 rings (SSSR count). The van der Waals surface area contributed by atoms with Gasteiger partial charge in [0.2, 0.25) is 0 Å². The standard InChI is InChI=1S/C64H37N3O2/c1-2-15-38(16-3-1)39-17-12-18-42(35-39)61-65-62(67-63(66-61)50-25-13-23-48-47-22-7-11-29-56(47)69-60(48)50)49-24-14-30-58-59(49)51-36-40(32-34-57(51)68-58)41-31-33-46-45-21-6-10-28-54(45)64(55(46)37-41)52-26-8-4-19-43(52)44-20-5-9-27-53(44)64/h1-37H. The molecule has 1 spiro atoms. The van der Waals surface area contributed by atoms with E-state index in [0.717, 1.165) is 82.8 Å². The van der Waals surface area contributed by atoms with E-state index in [1.54, 1.807) is 0 Å². The summed E-state index contributed by atoms with van der Waals surface area (Å²) >= 11 is 0. The molecule has 2 aliphatic rings. The maximum Gasteiger partial charge on any atom is 0.167 e. The van der Waals surface area contributed by atoms with E-state index in [1.807, 2.05) is 48.5 Å². The van der Waals surface area contributed by atoms with E-state index in [-0.39, 0.29) is 0 Å². The quantitative estimate of drug-likeness (QED) is 0.172. The van der Waals surface area contributed by atoms with Gasteiger partial charge in [-0.25, -0.2) is 15.0 Å². The molecule has 0 saturated heterocycles. The predicted molar refractivity (Wildman–Crippen MR) is 278 cm³/mol. The third-order valence-electron chi connectivity index (χ3n) is 14.6. The number of hydrogen-bond acceptors (Lipinski definition) is 5. The zero-order valence-electron chi connectivity index (χ0n) is 37.0. The van der Waals surface area contributed by atoms with E-state index in [4.69, 9.17) is 23.8 Å². The van der Waals surface area contributed by atoms with Crippen LogP contribution >= 0.6 is 0 Å². The molecule has 5 heteroatoms. The van der Waals surface area contributed by atoms with Crippen LogP contribution in [0.4, 0.5) is 0 Å². The Labute approximate surface area is 396 Å². The molecule has 0 bridgehead atoms. The van der Waals surface area contributed by atoms with E-state index < -0.39 is 5.41 Å². The Hall–Kier alpha value is -9.19. The minimum absolute atomic E-state index is 0.434. The lowest BCUT2D eigenvalue weighted by Gasteiger charge is -2.30. The molecule has 13 aromatic rings. The Bertz CT molecular complexity index is 4210. The Balaban J connectivity index is 0.930. The van der Waals surface area contributed by atoms with Gasteiger partial charge in [0.25, 0.3) is 0 Å². The summed E-state index contributed by atoms with van der Waals surface area (Å²) in [5.74, 6) is 1.63. The largest absolute Gasteiger partial charge is 0.456 e. The lowest BCUT2D eigenvalue weighted by Crippen LogP contribution is -2.25. The van der Waals surface area contributed by atoms with Gasteiger partial charge >= 0.3 is 0 Å². The van der Waals surface area contributed by atoms with E-state index in [0.29, 0.717) is 17.5 Å². The zero-order chi connectivity index (χ0) is 45.2. The van der Waals surface area contributed by atoms with Crippen molar-refractivity contribution in [2.75, 3.05) is 0 Å². The smallest absolute Gasteiger partial charge is 0.167 e. The van der Waals surface area contributed by atoms with Crippen LogP contribution in [0.3, 0.4) is 0 Å². The number of benzene rings is 10. The van der Waals surface area contributed by atoms with Gasteiger partial charge in [0.1, 0.15) is 22.3 Å². The van der Waals surface area contributed by atoms with E-state index >= 15 is 0 Å². The number of aromatic nitrogens is 3. The van der Waals surface area contributed by atoms with Gasteiger partial charge in [-0.05, 0) is 109 Å². The van der Waals surface area contributed by atoms with Gasteiger partial charge in [-0.15, -0.1) is 0 Å². The molecule has 0 atom stereocenters. The summed E-state index contributed by atoms with van der Waals surface area (Å²) in [6, 6.07) is 79.8. The Kier molecular flexibility index (Phi) is 7.93. The topological polar surface area (TPSA) is 65.0 Å². The van der Waals surface area contributed by atoms with Crippen LogP contribution < -0.4 is 0 Å². The van der Waals surface area contributed by atoms with Crippen LogP contribution in [-0.4, -0.2) is 15.0 Å². The summed E-state index contributed by atoms with van der Waals surface area (Å²) in [7, 11) is 0. The first-order valence-corrected chi connectivity index (χ1v) is 23.4. The SMILES string of the molecule is c1ccc(-c2cccc(-c3nc(-c4cccc5c4oc4ccccc45)nc(-c4cccc5oc6ccc(-c7ccc8c(c7)C7(c9ccccc9-c9ccccc97)c7ccccc7-8)cc6c45)n3)c2)cc1. The average Bonchev–Trinajstić information content (AvgIpc) is 4.16. The van der Waals surface area contributed by atoms with Crippen molar-refractivity contribution in [3.63, 3.8) is 0 Å². The molecule has 5 nitrogen and oxygen atoms in total. The monoisotopic (exact) mass is 879 g/mol. The van der Waals surface area contributed by atoms with Crippen molar-refractivity contribution in [3.8, 4) is 78.7 Å². The molecule has 69 heavy (non-hydrogen) atoms. The van der Waals surface area contributed by atoms with E-state index in [1.165, 1.54) is 44.5 Å². The van der Waals surface area contributed by atoms with Gasteiger partial charge in [-0.2, -0.15) is 0 Å². The van der Waals surface area contributed by atoms with Crippen molar-refractivity contribution in [2.45, 2.75) is 5.41 Å². The first kappa shape index (κ1) is 38.0. The molecule has 0 N–H and O–H groups in total. The normalized spacial score (nSPS) is 13.0. The number of fused-ring (bicyclic) bond motifs is 16. The van der Waals surface area contributed by atoms with Crippen molar-refractivity contribution in [2.24, 2.45) is 0 Å². The number of rotatable bonds is 5. The molecule has 0 unspecified atom stereocenters. The number of para-hydroxylation sites is 2. The number of nitrogens with zero attached hydrogens (tertiary/aromatic N) is 3. The molecule has 320 valence electrons. The van der Waals surface area contributed by atoms with Crippen LogP contribution in [0.15, 0.2) is 233 Å². The number of furan rings is 2. The van der Waals surface area contributed by atoms with Gasteiger partial charge in [0.15, 0.2) is 17.5 Å². The molecule has 0 fully saturated rings. The zero-order valence-corrected chi connectivity index (χ0v) is 37.0.